The van der Waals surface area contributed by atoms with Crippen LogP contribution in [0.2, 0.25) is 0 Å². The molecule has 0 radical (unpaired) electrons. The molecule has 0 unspecified atom stereocenters. The van der Waals surface area contributed by atoms with Crippen LogP contribution in [0.25, 0.3) is 0 Å². The van der Waals surface area contributed by atoms with E-state index >= 15 is 0 Å². The minimum absolute atomic E-state index is 0.123. The molecular weight excluding hydrogens is 244 g/mol. The molecule has 0 aliphatic rings. The van der Waals surface area contributed by atoms with E-state index in [4.69, 9.17) is 14.7 Å². The summed E-state index contributed by atoms with van der Waals surface area (Å²) >= 11 is 0. The van der Waals surface area contributed by atoms with Gasteiger partial charge in [-0.1, -0.05) is 0 Å². The van der Waals surface area contributed by atoms with E-state index in [1.807, 2.05) is 25.1 Å². The molecule has 0 aliphatic heterocycles. The number of rotatable bonds is 5. The van der Waals surface area contributed by atoms with Gasteiger partial charge >= 0.3 is 0 Å². The van der Waals surface area contributed by atoms with Crippen molar-refractivity contribution in [1.29, 1.82) is 5.26 Å². The molecular formula is C14H18N2O3. The summed E-state index contributed by atoms with van der Waals surface area (Å²) in [4.78, 5) is 13.1. The average Bonchev–Trinajstić information content (AvgIpc) is 2.40. The highest BCUT2D eigenvalue weighted by molar-refractivity contribution is 5.78. The van der Waals surface area contributed by atoms with E-state index in [2.05, 4.69) is 0 Å². The molecule has 0 spiro atoms. The summed E-state index contributed by atoms with van der Waals surface area (Å²) in [5.74, 6) is 1.23. The number of methoxy groups -OCH3 is 2. The van der Waals surface area contributed by atoms with Crippen LogP contribution in [0.1, 0.15) is 17.5 Å². The van der Waals surface area contributed by atoms with Crippen molar-refractivity contribution in [3.05, 3.63) is 23.3 Å². The first kappa shape index (κ1) is 14.8. The van der Waals surface area contributed by atoms with E-state index < -0.39 is 0 Å². The summed E-state index contributed by atoms with van der Waals surface area (Å²) in [6.07, 6.45) is -0.123. The van der Waals surface area contributed by atoms with Gasteiger partial charge in [-0.2, -0.15) is 5.26 Å². The Hall–Kier alpha value is -2.22. The molecule has 0 bridgehead atoms. The Morgan fingerprint density at radius 2 is 1.95 bits per heavy atom. The Morgan fingerprint density at radius 1 is 1.32 bits per heavy atom. The maximum atomic E-state index is 11.6. The van der Waals surface area contributed by atoms with Gasteiger partial charge in [-0.3, -0.25) is 4.79 Å². The number of benzene rings is 1. The lowest BCUT2D eigenvalue weighted by Crippen LogP contribution is -2.25. The fraction of sp³-hybridized carbons (Fsp3) is 0.429. The number of nitriles is 1. The molecule has 102 valence electrons. The Kier molecular flexibility index (Phi) is 5.19. The molecule has 0 atom stereocenters. The first-order chi connectivity index (χ1) is 9.03. The van der Waals surface area contributed by atoms with Gasteiger partial charge in [0.25, 0.3) is 0 Å². The molecule has 5 nitrogen and oxygen atoms in total. The van der Waals surface area contributed by atoms with Crippen molar-refractivity contribution in [2.24, 2.45) is 0 Å². The second-order valence-corrected chi connectivity index (χ2v) is 4.22. The Bertz CT molecular complexity index is 506. The van der Waals surface area contributed by atoms with Crippen molar-refractivity contribution in [1.82, 2.24) is 4.90 Å². The van der Waals surface area contributed by atoms with Crippen molar-refractivity contribution in [3.8, 4) is 17.6 Å². The third-order valence-corrected chi connectivity index (χ3v) is 2.86. The standard InChI is InChI=1S/C14H18N2O3/c1-10-7-13(19-4)11(8-12(10)18-3)9-16(2)14(17)5-6-15/h7-8H,5,9H2,1-4H3. The molecule has 19 heavy (non-hydrogen) atoms. The minimum Gasteiger partial charge on any atom is -0.496 e. The lowest BCUT2D eigenvalue weighted by atomic mass is 10.1. The second kappa shape index (κ2) is 6.64. The molecule has 1 rings (SSSR count). The molecule has 1 amide bonds. The van der Waals surface area contributed by atoms with Gasteiger partial charge in [0.15, 0.2) is 0 Å². The summed E-state index contributed by atoms with van der Waals surface area (Å²) in [6, 6.07) is 5.57. The van der Waals surface area contributed by atoms with Crippen molar-refractivity contribution in [2.45, 2.75) is 19.9 Å². The van der Waals surface area contributed by atoms with Gasteiger partial charge in [-0.05, 0) is 24.6 Å². The fourth-order valence-corrected chi connectivity index (χ4v) is 1.78. The largest absolute Gasteiger partial charge is 0.496 e. The predicted octanol–water partition coefficient (Wildman–Crippen LogP) is 1.88. The Balaban J connectivity index is 2.99. The normalized spacial score (nSPS) is 9.63. The smallest absolute Gasteiger partial charge is 0.236 e. The number of hydrogen-bond acceptors (Lipinski definition) is 4. The number of aryl methyl sites for hydroxylation is 1. The zero-order valence-corrected chi connectivity index (χ0v) is 11.7. The van der Waals surface area contributed by atoms with Crippen molar-refractivity contribution in [3.63, 3.8) is 0 Å². The SMILES string of the molecule is COc1cc(CN(C)C(=O)CC#N)c(OC)cc1C. The molecule has 0 saturated carbocycles. The summed E-state index contributed by atoms with van der Waals surface area (Å²) in [5, 5.41) is 8.53. The number of amides is 1. The van der Waals surface area contributed by atoms with Crippen LogP contribution in [0.15, 0.2) is 12.1 Å². The first-order valence-corrected chi connectivity index (χ1v) is 5.85. The summed E-state index contributed by atoms with van der Waals surface area (Å²) in [6.45, 7) is 2.30. The Labute approximate surface area is 113 Å². The van der Waals surface area contributed by atoms with Crippen LogP contribution in [-0.2, 0) is 11.3 Å². The highest BCUT2D eigenvalue weighted by atomic mass is 16.5. The van der Waals surface area contributed by atoms with E-state index in [0.29, 0.717) is 12.3 Å². The topological polar surface area (TPSA) is 62.6 Å². The molecule has 5 heteroatoms. The lowest BCUT2D eigenvalue weighted by molar-refractivity contribution is -0.129. The van der Waals surface area contributed by atoms with Crippen LogP contribution >= 0.6 is 0 Å². The maximum Gasteiger partial charge on any atom is 0.236 e. The van der Waals surface area contributed by atoms with Crippen molar-refractivity contribution >= 4 is 5.91 Å². The molecule has 0 heterocycles. The highest BCUT2D eigenvalue weighted by Crippen LogP contribution is 2.29. The second-order valence-electron chi connectivity index (χ2n) is 4.22. The van der Waals surface area contributed by atoms with Gasteiger partial charge in [0.05, 0.1) is 20.3 Å². The summed E-state index contributed by atoms with van der Waals surface area (Å²) in [7, 11) is 4.84. The third kappa shape index (κ3) is 3.62. The average molecular weight is 262 g/mol. The molecule has 0 aliphatic carbocycles. The van der Waals surface area contributed by atoms with E-state index in [-0.39, 0.29) is 12.3 Å². The van der Waals surface area contributed by atoms with E-state index in [9.17, 15) is 4.79 Å². The van der Waals surface area contributed by atoms with E-state index in [1.54, 1.807) is 21.3 Å². The van der Waals surface area contributed by atoms with Gasteiger partial charge in [0.2, 0.25) is 5.91 Å². The molecule has 0 N–H and O–H groups in total. The van der Waals surface area contributed by atoms with E-state index in [1.165, 1.54) is 4.90 Å². The first-order valence-electron chi connectivity index (χ1n) is 5.85. The van der Waals surface area contributed by atoms with Crippen molar-refractivity contribution in [2.75, 3.05) is 21.3 Å². The number of hydrogen-bond donors (Lipinski definition) is 0. The molecule has 1 aromatic carbocycles. The Morgan fingerprint density at radius 3 is 2.47 bits per heavy atom. The highest BCUT2D eigenvalue weighted by Gasteiger charge is 2.14. The van der Waals surface area contributed by atoms with Gasteiger partial charge in [-0.25, -0.2) is 0 Å². The monoisotopic (exact) mass is 262 g/mol. The summed E-state index contributed by atoms with van der Waals surface area (Å²) < 4.78 is 10.6. The zero-order valence-electron chi connectivity index (χ0n) is 11.7. The van der Waals surface area contributed by atoms with Gasteiger partial charge in [0.1, 0.15) is 17.9 Å². The number of carbonyl (C=O) groups is 1. The van der Waals surface area contributed by atoms with Gasteiger partial charge in [-0.15, -0.1) is 0 Å². The zero-order chi connectivity index (χ0) is 14.4. The van der Waals surface area contributed by atoms with Crippen LogP contribution in [0, 0.1) is 18.3 Å². The number of nitrogens with zero attached hydrogens (tertiary/aromatic N) is 2. The lowest BCUT2D eigenvalue weighted by Gasteiger charge is -2.19. The molecule has 0 saturated heterocycles. The van der Waals surface area contributed by atoms with Gasteiger partial charge < -0.3 is 14.4 Å². The van der Waals surface area contributed by atoms with Crippen LogP contribution in [0.3, 0.4) is 0 Å². The van der Waals surface area contributed by atoms with Crippen LogP contribution in [-0.4, -0.2) is 32.1 Å². The maximum absolute atomic E-state index is 11.6. The quantitative estimate of drug-likeness (QED) is 0.812. The van der Waals surface area contributed by atoms with Crippen molar-refractivity contribution < 1.29 is 14.3 Å². The molecule has 1 aromatic rings. The third-order valence-electron chi connectivity index (χ3n) is 2.86. The number of ether oxygens (including phenoxy) is 2. The van der Waals surface area contributed by atoms with Crippen LogP contribution < -0.4 is 9.47 Å². The number of carbonyl (C=O) groups excluding carboxylic acids is 1. The fourth-order valence-electron chi connectivity index (χ4n) is 1.78. The molecule has 0 fully saturated rings. The van der Waals surface area contributed by atoms with E-state index in [0.717, 1.165) is 16.9 Å². The summed E-state index contributed by atoms with van der Waals surface area (Å²) in [5.41, 5.74) is 1.81. The predicted molar refractivity (Wildman–Crippen MR) is 71.0 cm³/mol. The van der Waals surface area contributed by atoms with Gasteiger partial charge in [0, 0.05) is 19.2 Å². The van der Waals surface area contributed by atoms with Crippen LogP contribution in [0.4, 0.5) is 0 Å². The minimum atomic E-state index is -0.218. The van der Waals surface area contributed by atoms with Crippen LogP contribution in [0.5, 0.6) is 11.5 Å². The molecule has 0 aromatic heterocycles.